The van der Waals surface area contributed by atoms with Crippen molar-refractivity contribution >= 4 is 27.5 Å². The maximum Gasteiger partial charge on any atom is 0.244 e. The van der Waals surface area contributed by atoms with Crippen LogP contribution in [0.2, 0.25) is 0 Å². The van der Waals surface area contributed by atoms with Gasteiger partial charge < -0.3 is 10.2 Å². The van der Waals surface area contributed by atoms with Crippen LogP contribution in [0, 0.1) is 12.7 Å². The highest BCUT2D eigenvalue weighted by Crippen LogP contribution is 2.20. The molecule has 174 valence electrons. The standard InChI is InChI=1S/C23H30FN3O4S/c1-5-14-25-23(29)18(3)26(15-19-9-7-6-8-17(19)2)22(28)16-27(32(4,30)31)21-12-10-20(24)11-13-21/h6-13,18H,5,14-16H2,1-4H3,(H,25,29). The Hall–Kier alpha value is -2.94. The van der Waals surface area contributed by atoms with Crippen molar-refractivity contribution in [3.63, 3.8) is 0 Å². The smallest absolute Gasteiger partial charge is 0.244 e. The average Bonchev–Trinajstić information content (AvgIpc) is 2.74. The van der Waals surface area contributed by atoms with Gasteiger partial charge in [-0.2, -0.15) is 0 Å². The molecule has 1 N–H and O–H groups in total. The lowest BCUT2D eigenvalue weighted by Crippen LogP contribution is -2.51. The van der Waals surface area contributed by atoms with E-state index in [-0.39, 0.29) is 18.1 Å². The van der Waals surface area contributed by atoms with Crippen molar-refractivity contribution in [2.24, 2.45) is 0 Å². The molecule has 0 fully saturated rings. The maximum absolute atomic E-state index is 13.3. The largest absolute Gasteiger partial charge is 0.354 e. The molecule has 1 unspecified atom stereocenters. The first-order valence-electron chi connectivity index (χ1n) is 10.4. The second-order valence-corrected chi connectivity index (χ2v) is 9.57. The molecule has 2 aromatic rings. The lowest BCUT2D eigenvalue weighted by Gasteiger charge is -2.31. The Balaban J connectivity index is 2.37. The summed E-state index contributed by atoms with van der Waals surface area (Å²) >= 11 is 0. The normalized spacial score (nSPS) is 12.2. The molecule has 0 radical (unpaired) electrons. The predicted octanol–water partition coefficient (Wildman–Crippen LogP) is 2.84. The number of rotatable bonds is 10. The Morgan fingerprint density at radius 3 is 2.28 bits per heavy atom. The summed E-state index contributed by atoms with van der Waals surface area (Å²) in [6.45, 7) is 5.55. The highest BCUT2D eigenvalue weighted by atomic mass is 32.2. The summed E-state index contributed by atoms with van der Waals surface area (Å²) in [6.07, 6.45) is 1.73. The van der Waals surface area contributed by atoms with Gasteiger partial charge in [0.2, 0.25) is 21.8 Å². The van der Waals surface area contributed by atoms with Gasteiger partial charge in [-0.05, 0) is 55.7 Å². The van der Waals surface area contributed by atoms with Crippen LogP contribution in [0.25, 0.3) is 0 Å². The summed E-state index contributed by atoms with van der Waals surface area (Å²) < 4.78 is 39.1. The predicted molar refractivity (Wildman–Crippen MR) is 123 cm³/mol. The highest BCUT2D eigenvalue weighted by Gasteiger charge is 2.30. The number of nitrogens with one attached hydrogen (secondary N) is 1. The van der Waals surface area contributed by atoms with E-state index in [2.05, 4.69) is 5.32 Å². The molecule has 32 heavy (non-hydrogen) atoms. The molecule has 0 saturated heterocycles. The number of carbonyl (C=O) groups is 2. The molecular formula is C23H30FN3O4S. The number of nitrogens with zero attached hydrogens (tertiary/aromatic N) is 2. The fourth-order valence-electron chi connectivity index (χ4n) is 3.17. The van der Waals surface area contributed by atoms with Crippen molar-refractivity contribution in [2.75, 3.05) is 23.7 Å². The second-order valence-electron chi connectivity index (χ2n) is 7.66. The van der Waals surface area contributed by atoms with Gasteiger partial charge in [0.05, 0.1) is 11.9 Å². The zero-order valence-electron chi connectivity index (χ0n) is 18.8. The second kappa shape index (κ2) is 11.1. The van der Waals surface area contributed by atoms with E-state index in [1.54, 1.807) is 6.92 Å². The summed E-state index contributed by atoms with van der Waals surface area (Å²) in [5.41, 5.74) is 1.97. The van der Waals surface area contributed by atoms with Crippen molar-refractivity contribution < 1.29 is 22.4 Å². The first-order valence-corrected chi connectivity index (χ1v) is 12.2. The molecule has 0 bridgehead atoms. The van der Waals surface area contributed by atoms with E-state index in [0.717, 1.165) is 40.2 Å². The highest BCUT2D eigenvalue weighted by molar-refractivity contribution is 7.92. The van der Waals surface area contributed by atoms with Crippen LogP contribution in [-0.2, 0) is 26.2 Å². The number of carbonyl (C=O) groups excluding carboxylic acids is 2. The molecule has 2 aromatic carbocycles. The quantitative estimate of drug-likeness (QED) is 0.587. The lowest BCUT2D eigenvalue weighted by molar-refractivity contribution is -0.139. The first-order chi connectivity index (χ1) is 15.0. The third-order valence-corrected chi connectivity index (χ3v) is 6.25. The van der Waals surface area contributed by atoms with Crippen LogP contribution in [0.15, 0.2) is 48.5 Å². The van der Waals surface area contributed by atoms with E-state index in [1.807, 2.05) is 38.1 Å². The van der Waals surface area contributed by atoms with E-state index < -0.39 is 34.3 Å². The van der Waals surface area contributed by atoms with Crippen molar-refractivity contribution in [2.45, 2.75) is 39.8 Å². The van der Waals surface area contributed by atoms with Crippen molar-refractivity contribution in [3.8, 4) is 0 Å². The van der Waals surface area contributed by atoms with Gasteiger partial charge in [0, 0.05) is 13.1 Å². The number of halogens is 1. The number of amides is 2. The fraction of sp³-hybridized carbons (Fsp3) is 0.391. The van der Waals surface area contributed by atoms with Crippen LogP contribution >= 0.6 is 0 Å². The van der Waals surface area contributed by atoms with Crippen LogP contribution in [0.4, 0.5) is 10.1 Å². The maximum atomic E-state index is 13.3. The molecular weight excluding hydrogens is 433 g/mol. The van der Waals surface area contributed by atoms with Gasteiger partial charge in [0.25, 0.3) is 0 Å². The topological polar surface area (TPSA) is 86.8 Å². The number of anilines is 1. The molecule has 9 heteroatoms. The molecule has 7 nitrogen and oxygen atoms in total. The molecule has 0 aromatic heterocycles. The average molecular weight is 464 g/mol. The van der Waals surface area contributed by atoms with E-state index in [1.165, 1.54) is 17.0 Å². The minimum absolute atomic E-state index is 0.146. The fourth-order valence-corrected chi connectivity index (χ4v) is 4.02. The molecule has 0 heterocycles. The molecule has 0 aliphatic rings. The zero-order valence-corrected chi connectivity index (χ0v) is 19.7. The van der Waals surface area contributed by atoms with E-state index in [4.69, 9.17) is 0 Å². The lowest BCUT2D eigenvalue weighted by atomic mass is 10.1. The van der Waals surface area contributed by atoms with Gasteiger partial charge in [-0.3, -0.25) is 13.9 Å². The molecule has 1 atom stereocenters. The van der Waals surface area contributed by atoms with Gasteiger partial charge in [-0.15, -0.1) is 0 Å². The van der Waals surface area contributed by atoms with E-state index in [0.29, 0.717) is 6.54 Å². The molecule has 2 amide bonds. The molecule has 0 aliphatic carbocycles. The molecule has 0 spiro atoms. The molecule has 0 aliphatic heterocycles. The summed E-state index contributed by atoms with van der Waals surface area (Å²) in [5, 5.41) is 2.78. The van der Waals surface area contributed by atoms with Gasteiger partial charge in [-0.25, -0.2) is 12.8 Å². The number of hydrogen-bond acceptors (Lipinski definition) is 4. The number of aryl methyl sites for hydroxylation is 1. The SMILES string of the molecule is CCCNC(=O)C(C)N(Cc1ccccc1C)C(=O)CN(c1ccc(F)cc1)S(C)(=O)=O. The van der Waals surface area contributed by atoms with E-state index >= 15 is 0 Å². The van der Waals surface area contributed by atoms with Crippen molar-refractivity contribution in [1.29, 1.82) is 0 Å². The Morgan fingerprint density at radius 1 is 1.09 bits per heavy atom. The van der Waals surface area contributed by atoms with Crippen LogP contribution in [-0.4, -0.2) is 50.5 Å². The third kappa shape index (κ3) is 6.78. The number of benzene rings is 2. The van der Waals surface area contributed by atoms with Gasteiger partial charge in [0.1, 0.15) is 18.4 Å². The summed E-state index contributed by atoms with van der Waals surface area (Å²) in [7, 11) is -3.84. The Bertz CT molecular complexity index is 1040. The summed E-state index contributed by atoms with van der Waals surface area (Å²) in [5.74, 6) is -1.38. The van der Waals surface area contributed by atoms with Crippen LogP contribution < -0.4 is 9.62 Å². The Morgan fingerprint density at radius 2 is 1.72 bits per heavy atom. The minimum atomic E-state index is -3.84. The summed E-state index contributed by atoms with van der Waals surface area (Å²) in [4.78, 5) is 27.3. The number of hydrogen-bond donors (Lipinski definition) is 1. The molecule has 2 rings (SSSR count). The van der Waals surface area contributed by atoms with E-state index in [9.17, 15) is 22.4 Å². The van der Waals surface area contributed by atoms with Crippen LogP contribution in [0.5, 0.6) is 0 Å². The summed E-state index contributed by atoms with van der Waals surface area (Å²) in [6, 6.07) is 11.5. The van der Waals surface area contributed by atoms with Gasteiger partial charge in [0.15, 0.2) is 0 Å². The zero-order chi connectivity index (χ0) is 23.9. The molecule has 0 saturated carbocycles. The minimum Gasteiger partial charge on any atom is -0.354 e. The Kier molecular flexibility index (Phi) is 8.77. The van der Waals surface area contributed by atoms with Crippen molar-refractivity contribution in [3.05, 3.63) is 65.5 Å². The monoisotopic (exact) mass is 463 g/mol. The Labute approximate surface area is 189 Å². The van der Waals surface area contributed by atoms with Crippen molar-refractivity contribution in [1.82, 2.24) is 10.2 Å². The van der Waals surface area contributed by atoms with Gasteiger partial charge in [-0.1, -0.05) is 31.2 Å². The van der Waals surface area contributed by atoms with Crippen LogP contribution in [0.1, 0.15) is 31.4 Å². The first kappa shape index (κ1) is 25.3. The third-order valence-electron chi connectivity index (χ3n) is 5.11. The van der Waals surface area contributed by atoms with Crippen LogP contribution in [0.3, 0.4) is 0 Å². The number of sulfonamides is 1. The van der Waals surface area contributed by atoms with Gasteiger partial charge >= 0.3 is 0 Å².